The number of carbonyl (C=O) groups excluding carboxylic acids is 3. The van der Waals surface area contributed by atoms with E-state index in [-0.39, 0.29) is 0 Å². The second-order valence-electron chi connectivity index (χ2n) is 10.1. The van der Waals surface area contributed by atoms with E-state index >= 15 is 0 Å². The standard InChI is InChI=1S/C31H31F3N4O9S/c1-46-29(40)24(37-48(44,45)23-18-16-22(17-19-23)38(42)43)14-9-15-25(31(32,33)34)35-28(39)27(36-30(41)47-2)26(20-10-5-3-6-11-20)21-12-7-4-8-13-21/h3-13,15-19,24-27,37H,14H2,1-2H3,(H,35,39)(H,36,41)/t24-,25+,27-/m0/s1. The summed E-state index contributed by atoms with van der Waals surface area (Å²) < 4.78 is 79.6. The van der Waals surface area contributed by atoms with Crippen LogP contribution in [0.25, 0.3) is 0 Å². The largest absolute Gasteiger partial charge is 0.468 e. The predicted molar refractivity (Wildman–Crippen MR) is 165 cm³/mol. The van der Waals surface area contributed by atoms with Gasteiger partial charge in [-0.1, -0.05) is 72.8 Å². The summed E-state index contributed by atoms with van der Waals surface area (Å²) in [5.74, 6) is -3.33. The van der Waals surface area contributed by atoms with Gasteiger partial charge in [0, 0.05) is 18.1 Å². The van der Waals surface area contributed by atoms with Crippen LogP contribution in [0.3, 0.4) is 0 Å². The molecular weight excluding hydrogens is 661 g/mol. The Hall–Kier alpha value is -5.29. The molecule has 0 saturated carbocycles. The minimum atomic E-state index is -5.07. The maximum atomic E-state index is 14.2. The molecule has 0 spiro atoms. The number of ether oxygens (including phenoxy) is 2. The highest BCUT2D eigenvalue weighted by atomic mass is 32.2. The highest BCUT2D eigenvalue weighted by Gasteiger charge is 2.42. The van der Waals surface area contributed by atoms with Crippen LogP contribution in [0.4, 0.5) is 23.7 Å². The summed E-state index contributed by atoms with van der Waals surface area (Å²) in [6, 6.07) is 14.3. The Morgan fingerprint density at radius 1 is 0.875 bits per heavy atom. The molecule has 0 radical (unpaired) electrons. The van der Waals surface area contributed by atoms with Crippen molar-refractivity contribution in [2.45, 2.75) is 41.5 Å². The van der Waals surface area contributed by atoms with E-state index in [0.717, 1.165) is 44.6 Å². The lowest BCUT2D eigenvalue weighted by molar-refractivity contribution is -0.384. The van der Waals surface area contributed by atoms with Gasteiger partial charge in [0.1, 0.15) is 18.1 Å². The molecule has 3 N–H and O–H groups in total. The van der Waals surface area contributed by atoms with E-state index in [1.165, 1.54) is 0 Å². The number of hydrogen-bond donors (Lipinski definition) is 3. The molecule has 0 aliphatic rings. The minimum absolute atomic E-state index is 0.399. The zero-order valence-electron chi connectivity index (χ0n) is 25.4. The third kappa shape index (κ3) is 10.1. The summed E-state index contributed by atoms with van der Waals surface area (Å²) in [6.07, 6.45) is -5.46. The fourth-order valence-corrected chi connectivity index (χ4v) is 5.75. The Labute approximate surface area is 273 Å². The quantitative estimate of drug-likeness (QED) is 0.0974. The summed E-state index contributed by atoms with van der Waals surface area (Å²) in [7, 11) is -2.53. The average molecular weight is 693 g/mol. The smallest absolute Gasteiger partial charge is 0.412 e. The highest BCUT2D eigenvalue weighted by molar-refractivity contribution is 7.89. The molecule has 3 rings (SSSR count). The molecule has 3 aromatic rings. The number of amides is 2. The number of esters is 1. The van der Waals surface area contributed by atoms with Gasteiger partial charge in [0.05, 0.1) is 24.0 Å². The van der Waals surface area contributed by atoms with Gasteiger partial charge in [-0.25, -0.2) is 13.2 Å². The number of benzene rings is 3. The van der Waals surface area contributed by atoms with Crippen LogP contribution < -0.4 is 15.4 Å². The lowest BCUT2D eigenvalue weighted by Gasteiger charge is -2.29. The third-order valence-electron chi connectivity index (χ3n) is 6.88. The van der Waals surface area contributed by atoms with Crippen molar-refractivity contribution < 1.29 is 50.4 Å². The number of non-ortho nitro benzene ring substituents is 1. The van der Waals surface area contributed by atoms with Gasteiger partial charge in [0.2, 0.25) is 15.9 Å². The van der Waals surface area contributed by atoms with Crippen molar-refractivity contribution in [3.63, 3.8) is 0 Å². The van der Waals surface area contributed by atoms with E-state index < -0.39 is 80.1 Å². The van der Waals surface area contributed by atoms with Crippen molar-refractivity contribution in [1.82, 2.24) is 15.4 Å². The van der Waals surface area contributed by atoms with Crippen LogP contribution in [0.5, 0.6) is 0 Å². The predicted octanol–water partition coefficient (Wildman–Crippen LogP) is 3.96. The summed E-state index contributed by atoms with van der Waals surface area (Å²) in [4.78, 5) is 47.9. The molecular formula is C31H31F3N4O9S. The van der Waals surface area contributed by atoms with Gasteiger partial charge in [-0.15, -0.1) is 0 Å². The molecule has 3 aromatic carbocycles. The fourth-order valence-electron chi connectivity index (χ4n) is 4.55. The number of alkyl halides is 3. The normalized spacial score (nSPS) is 13.7. The Kier molecular flexibility index (Phi) is 12.8. The van der Waals surface area contributed by atoms with Gasteiger partial charge in [-0.2, -0.15) is 17.9 Å². The Morgan fingerprint density at radius 3 is 1.88 bits per heavy atom. The first-order chi connectivity index (χ1) is 22.7. The third-order valence-corrected chi connectivity index (χ3v) is 8.37. The Balaban J connectivity index is 1.89. The number of nitro groups is 1. The van der Waals surface area contributed by atoms with Crippen LogP contribution >= 0.6 is 0 Å². The summed E-state index contributed by atoms with van der Waals surface area (Å²) >= 11 is 0. The van der Waals surface area contributed by atoms with Crippen molar-refractivity contribution in [2.75, 3.05) is 14.2 Å². The van der Waals surface area contributed by atoms with Gasteiger partial charge in [0.15, 0.2) is 0 Å². The number of rotatable bonds is 14. The molecule has 0 aromatic heterocycles. The number of nitrogens with one attached hydrogen (secondary N) is 3. The average Bonchev–Trinajstić information content (AvgIpc) is 3.07. The number of alkyl carbamates (subject to hydrolysis) is 1. The van der Waals surface area contributed by atoms with Crippen molar-refractivity contribution in [1.29, 1.82) is 0 Å². The molecule has 48 heavy (non-hydrogen) atoms. The molecule has 0 saturated heterocycles. The molecule has 2 amide bonds. The van der Waals surface area contributed by atoms with Gasteiger partial charge in [0.25, 0.3) is 5.69 Å². The number of nitro benzene ring substituents is 1. The minimum Gasteiger partial charge on any atom is -0.468 e. The monoisotopic (exact) mass is 692 g/mol. The number of methoxy groups -OCH3 is 2. The van der Waals surface area contributed by atoms with Crippen LogP contribution in [0.15, 0.2) is 102 Å². The number of halogens is 3. The Morgan fingerprint density at radius 2 is 1.42 bits per heavy atom. The number of nitrogens with zero attached hydrogens (tertiary/aromatic N) is 1. The molecule has 0 heterocycles. The number of hydrogen-bond acceptors (Lipinski definition) is 9. The van der Waals surface area contributed by atoms with Crippen LogP contribution in [0.2, 0.25) is 0 Å². The van der Waals surface area contributed by atoms with Gasteiger partial charge < -0.3 is 20.1 Å². The fraction of sp³-hybridized carbons (Fsp3) is 0.258. The van der Waals surface area contributed by atoms with Crippen molar-refractivity contribution >= 4 is 33.7 Å². The zero-order chi connectivity index (χ0) is 35.5. The lowest BCUT2D eigenvalue weighted by Crippen LogP contribution is -2.55. The summed E-state index contributed by atoms with van der Waals surface area (Å²) in [5.41, 5.74) is 0.602. The molecule has 256 valence electrons. The molecule has 0 bridgehead atoms. The SMILES string of the molecule is COC(=O)N[C@H](C(=O)N[C@H](C=CC[C@H](NS(=O)(=O)c1ccc([N+](=O)[O-])cc1)C(=O)OC)C(F)(F)F)C(c1ccccc1)c1ccccc1. The summed E-state index contributed by atoms with van der Waals surface area (Å²) in [6.45, 7) is 0. The second-order valence-corrected chi connectivity index (χ2v) is 11.8. The summed E-state index contributed by atoms with van der Waals surface area (Å²) in [5, 5.41) is 15.1. The molecule has 0 unspecified atom stereocenters. The molecule has 17 heteroatoms. The van der Waals surface area contributed by atoms with Gasteiger partial charge in [-0.05, 0) is 29.7 Å². The number of carbonyl (C=O) groups is 3. The van der Waals surface area contributed by atoms with E-state index in [4.69, 9.17) is 0 Å². The van der Waals surface area contributed by atoms with Crippen LogP contribution in [-0.2, 0) is 29.1 Å². The van der Waals surface area contributed by atoms with E-state index in [9.17, 15) is 46.1 Å². The van der Waals surface area contributed by atoms with Crippen LogP contribution in [0.1, 0.15) is 23.5 Å². The van der Waals surface area contributed by atoms with E-state index in [0.29, 0.717) is 17.2 Å². The van der Waals surface area contributed by atoms with Crippen LogP contribution in [0, 0.1) is 10.1 Å². The van der Waals surface area contributed by atoms with E-state index in [2.05, 4.69) is 14.8 Å². The molecule has 0 aliphatic carbocycles. The molecule has 13 nitrogen and oxygen atoms in total. The molecule has 3 atom stereocenters. The van der Waals surface area contributed by atoms with Crippen molar-refractivity contribution in [2.24, 2.45) is 0 Å². The Bertz CT molecular complexity index is 1670. The molecule has 0 fully saturated rings. The van der Waals surface area contributed by atoms with E-state index in [1.54, 1.807) is 60.7 Å². The topological polar surface area (TPSA) is 183 Å². The zero-order valence-corrected chi connectivity index (χ0v) is 26.2. The maximum absolute atomic E-state index is 14.2. The lowest BCUT2D eigenvalue weighted by atomic mass is 9.84. The highest BCUT2D eigenvalue weighted by Crippen LogP contribution is 2.30. The van der Waals surface area contributed by atoms with E-state index in [1.807, 2.05) is 10.0 Å². The maximum Gasteiger partial charge on any atom is 0.412 e. The molecule has 0 aliphatic heterocycles. The second kappa shape index (κ2) is 16.5. The van der Waals surface area contributed by atoms with Gasteiger partial charge in [-0.3, -0.25) is 19.7 Å². The number of sulfonamides is 1. The van der Waals surface area contributed by atoms with Gasteiger partial charge >= 0.3 is 18.2 Å². The van der Waals surface area contributed by atoms with Crippen molar-refractivity contribution in [3.05, 3.63) is 118 Å². The first-order valence-corrected chi connectivity index (χ1v) is 15.5. The first kappa shape index (κ1) is 37.2. The van der Waals surface area contributed by atoms with Crippen molar-refractivity contribution in [3.8, 4) is 0 Å². The van der Waals surface area contributed by atoms with Crippen LogP contribution in [-0.4, -0.2) is 69.8 Å². The first-order valence-electron chi connectivity index (χ1n) is 14.0.